The van der Waals surface area contributed by atoms with E-state index in [1.807, 2.05) is 6.92 Å². The van der Waals surface area contributed by atoms with Crippen LogP contribution in [0.3, 0.4) is 0 Å². The second-order valence-corrected chi connectivity index (χ2v) is 5.35. The lowest BCUT2D eigenvalue weighted by Crippen LogP contribution is -2.27. The van der Waals surface area contributed by atoms with Gasteiger partial charge in [-0.15, -0.1) is 0 Å². The van der Waals surface area contributed by atoms with E-state index in [0.717, 1.165) is 12.0 Å². The topological polar surface area (TPSA) is 35.5 Å². The summed E-state index contributed by atoms with van der Waals surface area (Å²) in [6.07, 6.45) is 0.990. The van der Waals surface area contributed by atoms with Crippen molar-refractivity contribution in [3.8, 4) is 5.75 Å². The Kier molecular flexibility index (Phi) is 6.66. The highest BCUT2D eigenvalue weighted by atomic mass is 19.1. The molecule has 21 heavy (non-hydrogen) atoms. The second-order valence-electron chi connectivity index (χ2n) is 5.35. The molecule has 4 heteroatoms. The van der Waals surface area contributed by atoms with Gasteiger partial charge in [-0.05, 0) is 18.9 Å². The highest BCUT2D eigenvalue weighted by Gasteiger charge is 2.29. The van der Waals surface area contributed by atoms with Crippen molar-refractivity contribution in [1.82, 2.24) is 0 Å². The van der Waals surface area contributed by atoms with Crippen molar-refractivity contribution in [3.63, 3.8) is 0 Å². The van der Waals surface area contributed by atoms with Crippen molar-refractivity contribution in [3.05, 3.63) is 29.6 Å². The number of benzene rings is 1. The van der Waals surface area contributed by atoms with Crippen LogP contribution in [0, 0.1) is 11.7 Å². The van der Waals surface area contributed by atoms with E-state index >= 15 is 0 Å². The molecule has 1 aromatic carbocycles. The number of hydrogen-bond acceptors (Lipinski definition) is 3. The molecule has 0 aliphatic rings. The fourth-order valence-corrected chi connectivity index (χ4v) is 2.60. The van der Waals surface area contributed by atoms with Gasteiger partial charge in [0, 0.05) is 24.0 Å². The molecule has 0 aliphatic carbocycles. The van der Waals surface area contributed by atoms with Gasteiger partial charge in [0.2, 0.25) is 0 Å². The molecular weight excluding hydrogens is 271 g/mol. The summed E-state index contributed by atoms with van der Waals surface area (Å²) in [6, 6.07) is 4.52. The van der Waals surface area contributed by atoms with Gasteiger partial charge in [-0.2, -0.15) is 0 Å². The fraction of sp³-hybridized carbons (Fsp3) is 0.588. The van der Waals surface area contributed by atoms with Crippen LogP contribution in [0.25, 0.3) is 0 Å². The molecule has 0 bridgehead atoms. The summed E-state index contributed by atoms with van der Waals surface area (Å²) in [7, 11) is 1.52. The van der Waals surface area contributed by atoms with Crippen LogP contribution in [-0.2, 0) is 9.53 Å². The molecule has 0 saturated heterocycles. The predicted octanol–water partition coefficient (Wildman–Crippen LogP) is 4.31. The summed E-state index contributed by atoms with van der Waals surface area (Å²) in [5.74, 6) is 0.193. The predicted molar refractivity (Wildman–Crippen MR) is 81.0 cm³/mol. The molecule has 3 nitrogen and oxygen atoms in total. The normalized spacial score (nSPS) is 15.1. The first kappa shape index (κ1) is 17.5. The molecule has 0 spiro atoms. The van der Waals surface area contributed by atoms with Gasteiger partial charge in [-0.25, -0.2) is 4.39 Å². The SMILES string of the molecule is CCC(=O)OC(C)C(c1ccc(F)cc1OC)C(C)CC. The molecule has 1 aromatic rings. The van der Waals surface area contributed by atoms with Gasteiger partial charge in [0.15, 0.2) is 0 Å². The number of hydrogen-bond donors (Lipinski definition) is 0. The molecule has 0 N–H and O–H groups in total. The number of rotatable bonds is 7. The second kappa shape index (κ2) is 8.01. The number of ether oxygens (including phenoxy) is 2. The zero-order chi connectivity index (χ0) is 16.0. The van der Waals surface area contributed by atoms with E-state index in [4.69, 9.17) is 9.47 Å². The summed E-state index contributed by atoms with van der Waals surface area (Å²) < 4.78 is 24.2. The van der Waals surface area contributed by atoms with Crippen LogP contribution in [0.2, 0.25) is 0 Å². The first-order chi connectivity index (χ1) is 9.94. The van der Waals surface area contributed by atoms with Crippen LogP contribution in [0.15, 0.2) is 18.2 Å². The Hall–Kier alpha value is -1.58. The van der Waals surface area contributed by atoms with Crippen LogP contribution in [0.4, 0.5) is 4.39 Å². The molecule has 0 saturated carbocycles. The molecule has 0 heterocycles. The van der Waals surface area contributed by atoms with Crippen molar-refractivity contribution in [1.29, 1.82) is 0 Å². The quantitative estimate of drug-likeness (QED) is 0.703. The van der Waals surface area contributed by atoms with Crippen LogP contribution < -0.4 is 4.74 Å². The molecule has 3 unspecified atom stereocenters. The van der Waals surface area contributed by atoms with E-state index in [2.05, 4.69) is 13.8 Å². The Balaban J connectivity index is 3.16. The molecule has 1 rings (SSSR count). The fourth-order valence-electron chi connectivity index (χ4n) is 2.60. The lowest BCUT2D eigenvalue weighted by Gasteiger charge is -2.30. The monoisotopic (exact) mass is 296 g/mol. The van der Waals surface area contributed by atoms with Crippen molar-refractivity contribution >= 4 is 5.97 Å². The summed E-state index contributed by atoms with van der Waals surface area (Å²) in [4.78, 5) is 11.6. The van der Waals surface area contributed by atoms with Gasteiger partial charge in [0.05, 0.1) is 7.11 Å². The maximum Gasteiger partial charge on any atom is 0.305 e. The Labute approximate surface area is 126 Å². The van der Waals surface area contributed by atoms with E-state index in [-0.39, 0.29) is 29.7 Å². The van der Waals surface area contributed by atoms with Crippen molar-refractivity contribution < 1.29 is 18.7 Å². The average molecular weight is 296 g/mol. The van der Waals surface area contributed by atoms with E-state index in [1.54, 1.807) is 13.0 Å². The third-order valence-corrected chi connectivity index (χ3v) is 3.92. The van der Waals surface area contributed by atoms with Crippen LogP contribution in [0.1, 0.15) is 52.0 Å². The Bertz CT molecular complexity index is 473. The maximum absolute atomic E-state index is 13.4. The van der Waals surface area contributed by atoms with E-state index in [0.29, 0.717) is 12.2 Å². The number of methoxy groups -OCH3 is 1. The van der Waals surface area contributed by atoms with Gasteiger partial charge in [0.25, 0.3) is 0 Å². The number of halogens is 1. The third-order valence-electron chi connectivity index (χ3n) is 3.92. The van der Waals surface area contributed by atoms with E-state index < -0.39 is 0 Å². The van der Waals surface area contributed by atoms with Crippen molar-refractivity contribution in [2.24, 2.45) is 5.92 Å². The lowest BCUT2D eigenvalue weighted by molar-refractivity contribution is -0.149. The van der Waals surface area contributed by atoms with Gasteiger partial charge in [-0.3, -0.25) is 4.79 Å². The number of carbonyl (C=O) groups is 1. The molecule has 0 aliphatic heterocycles. The molecule has 0 amide bonds. The van der Waals surface area contributed by atoms with Gasteiger partial charge >= 0.3 is 5.97 Å². The standard InChI is InChI=1S/C17H25FO3/c1-6-11(3)17(12(4)21-16(19)7-2)14-9-8-13(18)10-15(14)20-5/h8-12,17H,6-7H2,1-5H3. The average Bonchev–Trinajstić information content (AvgIpc) is 2.48. The van der Waals surface area contributed by atoms with Crippen LogP contribution in [0.5, 0.6) is 5.75 Å². The summed E-state index contributed by atoms with van der Waals surface area (Å²) >= 11 is 0. The largest absolute Gasteiger partial charge is 0.496 e. The number of esters is 1. The molecule has 0 radical (unpaired) electrons. The summed E-state index contributed by atoms with van der Waals surface area (Å²) in [6.45, 7) is 7.84. The first-order valence-electron chi connectivity index (χ1n) is 7.47. The highest BCUT2D eigenvalue weighted by Crippen LogP contribution is 2.37. The molecular formula is C17H25FO3. The van der Waals surface area contributed by atoms with Gasteiger partial charge in [-0.1, -0.05) is 33.3 Å². The Morgan fingerprint density at radius 2 is 1.95 bits per heavy atom. The van der Waals surface area contributed by atoms with Crippen molar-refractivity contribution in [2.75, 3.05) is 7.11 Å². The van der Waals surface area contributed by atoms with Crippen molar-refractivity contribution in [2.45, 2.75) is 52.6 Å². The number of carbonyl (C=O) groups excluding carboxylic acids is 1. The van der Waals surface area contributed by atoms with E-state index in [1.165, 1.54) is 19.2 Å². The summed E-state index contributed by atoms with van der Waals surface area (Å²) in [5, 5.41) is 0. The Morgan fingerprint density at radius 1 is 1.29 bits per heavy atom. The van der Waals surface area contributed by atoms with Crippen LogP contribution in [-0.4, -0.2) is 19.2 Å². The van der Waals surface area contributed by atoms with Gasteiger partial charge < -0.3 is 9.47 Å². The zero-order valence-corrected chi connectivity index (χ0v) is 13.5. The Morgan fingerprint density at radius 3 is 2.48 bits per heavy atom. The maximum atomic E-state index is 13.4. The molecule has 0 fully saturated rings. The smallest absolute Gasteiger partial charge is 0.305 e. The third kappa shape index (κ3) is 4.45. The highest BCUT2D eigenvalue weighted by molar-refractivity contribution is 5.69. The lowest BCUT2D eigenvalue weighted by atomic mass is 9.81. The van der Waals surface area contributed by atoms with Crippen LogP contribution >= 0.6 is 0 Å². The molecule has 3 atom stereocenters. The minimum absolute atomic E-state index is 0.0268. The van der Waals surface area contributed by atoms with Gasteiger partial charge in [0.1, 0.15) is 17.7 Å². The van der Waals surface area contributed by atoms with E-state index in [9.17, 15) is 9.18 Å². The molecule has 0 aromatic heterocycles. The zero-order valence-electron chi connectivity index (χ0n) is 13.5. The summed E-state index contributed by atoms with van der Waals surface area (Å²) in [5.41, 5.74) is 0.879. The molecule has 118 valence electrons. The minimum atomic E-state index is -0.336. The first-order valence-corrected chi connectivity index (χ1v) is 7.47. The minimum Gasteiger partial charge on any atom is -0.496 e.